The summed E-state index contributed by atoms with van der Waals surface area (Å²) in [5.41, 5.74) is 7.62. The number of nitrogens with two attached hydrogens (primary N) is 1. The van der Waals surface area contributed by atoms with Gasteiger partial charge in [-0.05, 0) is 24.6 Å². The zero-order valence-corrected chi connectivity index (χ0v) is 9.01. The lowest BCUT2D eigenvalue weighted by atomic mass is 10.0. The summed E-state index contributed by atoms with van der Waals surface area (Å²) in [6.07, 6.45) is -1.90. The highest BCUT2D eigenvalue weighted by Crippen LogP contribution is 2.21. The van der Waals surface area contributed by atoms with Crippen molar-refractivity contribution in [1.82, 2.24) is 9.97 Å². The Bertz CT molecular complexity index is 495. The molecular formula is C11H15N3O2. The summed E-state index contributed by atoms with van der Waals surface area (Å²) in [6, 6.07) is 5.33. The number of aromatic nitrogens is 2. The van der Waals surface area contributed by atoms with Crippen LogP contribution in [0.4, 0.5) is 0 Å². The molecule has 2 aromatic rings. The van der Waals surface area contributed by atoms with Gasteiger partial charge in [-0.25, -0.2) is 4.98 Å². The van der Waals surface area contributed by atoms with Crippen molar-refractivity contribution in [3.8, 4) is 0 Å². The number of aromatic amines is 1. The first-order valence-corrected chi connectivity index (χ1v) is 5.14. The number of aliphatic hydroxyl groups is 2. The molecule has 2 unspecified atom stereocenters. The highest BCUT2D eigenvalue weighted by molar-refractivity contribution is 5.75. The third kappa shape index (κ3) is 1.92. The van der Waals surface area contributed by atoms with Gasteiger partial charge in [-0.1, -0.05) is 6.07 Å². The molecule has 16 heavy (non-hydrogen) atoms. The number of aryl methyl sites for hydroxylation is 1. The third-order valence-corrected chi connectivity index (χ3v) is 2.57. The Labute approximate surface area is 92.9 Å². The van der Waals surface area contributed by atoms with Crippen LogP contribution in [0.2, 0.25) is 0 Å². The van der Waals surface area contributed by atoms with Crippen LogP contribution < -0.4 is 5.73 Å². The number of nitrogens with one attached hydrogen (secondary N) is 1. The lowest BCUT2D eigenvalue weighted by molar-refractivity contribution is 0.0244. The molecule has 0 radical (unpaired) electrons. The van der Waals surface area contributed by atoms with Gasteiger partial charge in [-0.15, -0.1) is 0 Å². The molecule has 1 heterocycles. The molecule has 1 aromatic carbocycles. The van der Waals surface area contributed by atoms with Gasteiger partial charge in [-0.2, -0.15) is 0 Å². The number of hydrogen-bond acceptors (Lipinski definition) is 4. The van der Waals surface area contributed by atoms with Crippen LogP contribution in [0.1, 0.15) is 17.5 Å². The van der Waals surface area contributed by atoms with Gasteiger partial charge in [0.25, 0.3) is 0 Å². The molecule has 2 rings (SSSR count). The van der Waals surface area contributed by atoms with Crippen molar-refractivity contribution >= 4 is 11.0 Å². The van der Waals surface area contributed by atoms with Gasteiger partial charge >= 0.3 is 0 Å². The molecule has 5 N–H and O–H groups in total. The Hall–Kier alpha value is -1.43. The fourth-order valence-corrected chi connectivity index (χ4v) is 1.69. The van der Waals surface area contributed by atoms with E-state index in [1.165, 1.54) is 0 Å². The number of fused-ring (bicyclic) bond motifs is 1. The molecule has 0 aliphatic heterocycles. The van der Waals surface area contributed by atoms with Crippen molar-refractivity contribution in [3.63, 3.8) is 0 Å². The molecule has 0 saturated heterocycles. The molecule has 5 heteroatoms. The lowest BCUT2D eigenvalue weighted by Crippen LogP contribution is -2.27. The summed E-state index contributed by atoms with van der Waals surface area (Å²) in [4.78, 5) is 7.33. The predicted octanol–water partition coefficient (Wildman–Crippen LogP) is 0.224. The molecule has 1 aromatic heterocycles. The summed E-state index contributed by atoms with van der Waals surface area (Å²) in [5, 5.41) is 19.2. The second kappa shape index (κ2) is 4.21. The van der Waals surface area contributed by atoms with E-state index in [-0.39, 0.29) is 6.54 Å². The minimum atomic E-state index is -0.960. The molecule has 0 saturated carbocycles. The molecule has 0 bridgehead atoms. The standard InChI is InChI=1S/C11H15N3O2/c1-6-13-8-3-2-7(4-9(8)14-6)11(16)10(15)5-12/h2-4,10-11,15-16H,5,12H2,1H3,(H,13,14). The van der Waals surface area contributed by atoms with E-state index in [1.54, 1.807) is 18.2 Å². The van der Waals surface area contributed by atoms with Gasteiger partial charge in [0.2, 0.25) is 0 Å². The number of hydrogen-bond donors (Lipinski definition) is 4. The van der Waals surface area contributed by atoms with Gasteiger partial charge < -0.3 is 20.9 Å². The molecular weight excluding hydrogens is 206 g/mol. The smallest absolute Gasteiger partial charge is 0.106 e. The van der Waals surface area contributed by atoms with Crippen LogP contribution in [0, 0.1) is 6.92 Å². The highest BCUT2D eigenvalue weighted by atomic mass is 16.3. The molecule has 2 atom stereocenters. The topological polar surface area (TPSA) is 95.2 Å². The van der Waals surface area contributed by atoms with E-state index in [2.05, 4.69) is 9.97 Å². The van der Waals surface area contributed by atoms with Gasteiger partial charge in [0.05, 0.1) is 17.1 Å². The maximum atomic E-state index is 9.79. The van der Waals surface area contributed by atoms with Crippen LogP contribution in [0.25, 0.3) is 11.0 Å². The van der Waals surface area contributed by atoms with Gasteiger partial charge in [0.15, 0.2) is 0 Å². The van der Waals surface area contributed by atoms with Crippen molar-refractivity contribution in [3.05, 3.63) is 29.6 Å². The molecule has 0 aliphatic carbocycles. The lowest BCUT2D eigenvalue weighted by Gasteiger charge is -2.16. The summed E-state index contributed by atoms with van der Waals surface area (Å²) in [6.45, 7) is 1.89. The first-order chi connectivity index (χ1) is 7.61. The first kappa shape index (κ1) is 11.1. The average Bonchev–Trinajstić information content (AvgIpc) is 2.65. The van der Waals surface area contributed by atoms with Crippen LogP contribution in [-0.4, -0.2) is 32.8 Å². The van der Waals surface area contributed by atoms with Crippen molar-refractivity contribution in [2.24, 2.45) is 5.73 Å². The Morgan fingerprint density at radius 3 is 2.88 bits per heavy atom. The SMILES string of the molecule is Cc1nc2ccc(C(O)C(O)CN)cc2[nH]1. The number of imidazole rings is 1. The number of H-pyrrole nitrogens is 1. The van der Waals surface area contributed by atoms with Crippen LogP contribution in [0.3, 0.4) is 0 Å². The monoisotopic (exact) mass is 221 g/mol. The third-order valence-electron chi connectivity index (χ3n) is 2.57. The summed E-state index contributed by atoms with van der Waals surface area (Å²) >= 11 is 0. The molecule has 0 amide bonds. The molecule has 0 spiro atoms. The first-order valence-electron chi connectivity index (χ1n) is 5.14. The fraction of sp³-hybridized carbons (Fsp3) is 0.364. The molecule has 86 valence electrons. The van der Waals surface area contributed by atoms with Crippen LogP contribution >= 0.6 is 0 Å². The Balaban J connectivity index is 2.38. The number of rotatable bonds is 3. The van der Waals surface area contributed by atoms with Crippen molar-refractivity contribution < 1.29 is 10.2 Å². The number of aliphatic hydroxyl groups excluding tert-OH is 2. The van der Waals surface area contributed by atoms with E-state index < -0.39 is 12.2 Å². The number of nitrogens with zero attached hydrogens (tertiary/aromatic N) is 1. The van der Waals surface area contributed by atoms with Crippen molar-refractivity contribution in [2.45, 2.75) is 19.1 Å². The van der Waals surface area contributed by atoms with Gasteiger partial charge in [-0.3, -0.25) is 0 Å². The molecule has 0 fully saturated rings. The van der Waals surface area contributed by atoms with E-state index in [9.17, 15) is 10.2 Å². The largest absolute Gasteiger partial charge is 0.389 e. The molecule has 5 nitrogen and oxygen atoms in total. The summed E-state index contributed by atoms with van der Waals surface area (Å²) in [5.74, 6) is 0.820. The van der Waals surface area contributed by atoms with Crippen LogP contribution in [0.5, 0.6) is 0 Å². The van der Waals surface area contributed by atoms with Crippen LogP contribution in [0.15, 0.2) is 18.2 Å². The average molecular weight is 221 g/mol. The Morgan fingerprint density at radius 1 is 1.44 bits per heavy atom. The zero-order chi connectivity index (χ0) is 11.7. The van der Waals surface area contributed by atoms with E-state index in [0.29, 0.717) is 5.56 Å². The van der Waals surface area contributed by atoms with Gasteiger partial charge in [0, 0.05) is 6.54 Å². The van der Waals surface area contributed by atoms with Gasteiger partial charge in [0.1, 0.15) is 11.9 Å². The fourth-order valence-electron chi connectivity index (χ4n) is 1.69. The quantitative estimate of drug-likeness (QED) is 0.596. The van der Waals surface area contributed by atoms with E-state index >= 15 is 0 Å². The number of benzene rings is 1. The minimum absolute atomic E-state index is 0.0290. The van der Waals surface area contributed by atoms with E-state index in [0.717, 1.165) is 16.9 Å². The minimum Gasteiger partial charge on any atom is -0.389 e. The van der Waals surface area contributed by atoms with E-state index in [1.807, 2.05) is 6.92 Å². The second-order valence-corrected chi connectivity index (χ2v) is 3.85. The maximum absolute atomic E-state index is 9.79. The summed E-state index contributed by atoms with van der Waals surface area (Å²) < 4.78 is 0. The maximum Gasteiger partial charge on any atom is 0.106 e. The van der Waals surface area contributed by atoms with E-state index in [4.69, 9.17) is 5.73 Å². The van der Waals surface area contributed by atoms with Crippen molar-refractivity contribution in [2.75, 3.05) is 6.54 Å². The summed E-state index contributed by atoms with van der Waals surface area (Å²) in [7, 11) is 0. The van der Waals surface area contributed by atoms with Crippen molar-refractivity contribution in [1.29, 1.82) is 0 Å². The molecule has 0 aliphatic rings. The highest BCUT2D eigenvalue weighted by Gasteiger charge is 2.17. The predicted molar refractivity (Wildman–Crippen MR) is 60.9 cm³/mol. The Morgan fingerprint density at radius 2 is 2.19 bits per heavy atom. The van der Waals surface area contributed by atoms with Crippen LogP contribution in [-0.2, 0) is 0 Å². The Kier molecular flexibility index (Phi) is 2.91. The normalized spacial score (nSPS) is 15.2. The second-order valence-electron chi connectivity index (χ2n) is 3.85. The zero-order valence-electron chi connectivity index (χ0n) is 9.01.